The van der Waals surface area contributed by atoms with Gasteiger partial charge in [0.05, 0.1) is 6.61 Å². The Labute approximate surface area is 121 Å². The van der Waals surface area contributed by atoms with Crippen LogP contribution in [0.5, 0.6) is 0 Å². The predicted octanol–water partition coefficient (Wildman–Crippen LogP) is 1.99. The van der Waals surface area contributed by atoms with Crippen LogP contribution in [0.25, 0.3) is 0 Å². The normalized spacial score (nSPS) is 11.2. The van der Waals surface area contributed by atoms with Crippen molar-refractivity contribution in [1.82, 2.24) is 9.88 Å². The molecule has 0 radical (unpaired) electrons. The Bertz CT molecular complexity index is 434. The third kappa shape index (κ3) is 3.93. The number of hydrogen-bond donors (Lipinski definition) is 2. The van der Waals surface area contributed by atoms with Gasteiger partial charge in [-0.15, -0.1) is 0 Å². The first-order valence-corrected chi connectivity index (χ1v) is 7.00. The molecule has 1 rings (SSSR count). The second-order valence-corrected chi connectivity index (χ2v) is 5.35. The first-order chi connectivity index (χ1) is 9.48. The highest BCUT2D eigenvalue weighted by Gasteiger charge is 2.24. The van der Waals surface area contributed by atoms with Crippen LogP contribution in [0.2, 0.25) is 0 Å². The van der Waals surface area contributed by atoms with Gasteiger partial charge in [-0.25, -0.2) is 0 Å². The van der Waals surface area contributed by atoms with E-state index in [1.165, 1.54) is 4.90 Å². The van der Waals surface area contributed by atoms with Crippen LogP contribution in [0.1, 0.15) is 37.2 Å². The molecular formula is C15H25N3O2. The van der Waals surface area contributed by atoms with Crippen molar-refractivity contribution in [3.8, 4) is 0 Å². The lowest BCUT2D eigenvalue weighted by atomic mass is 9.83. The van der Waals surface area contributed by atoms with E-state index in [1.807, 2.05) is 6.07 Å². The Morgan fingerprint density at radius 3 is 2.55 bits per heavy atom. The minimum absolute atomic E-state index is 0.116. The number of nitrogens with one attached hydrogen (secondary N) is 1. The van der Waals surface area contributed by atoms with Crippen LogP contribution in [0.4, 0.5) is 5.69 Å². The second kappa shape index (κ2) is 7.24. The van der Waals surface area contributed by atoms with Gasteiger partial charge in [-0.3, -0.25) is 9.78 Å². The monoisotopic (exact) mass is 279 g/mol. The maximum Gasteiger partial charge on any atom is 0.272 e. The van der Waals surface area contributed by atoms with Crippen LogP contribution < -0.4 is 5.32 Å². The summed E-state index contributed by atoms with van der Waals surface area (Å²) < 4.78 is 0. The van der Waals surface area contributed by atoms with Crippen LogP contribution in [0.3, 0.4) is 0 Å². The molecule has 112 valence electrons. The van der Waals surface area contributed by atoms with Gasteiger partial charge in [-0.05, 0) is 25.0 Å². The van der Waals surface area contributed by atoms with Gasteiger partial charge in [0.15, 0.2) is 0 Å². The summed E-state index contributed by atoms with van der Waals surface area (Å²) in [7, 11) is 3.41. The highest BCUT2D eigenvalue weighted by molar-refractivity contribution is 5.92. The number of carbonyl (C=O) groups excluding carboxylic acids is 1. The van der Waals surface area contributed by atoms with E-state index in [-0.39, 0.29) is 17.9 Å². The molecule has 20 heavy (non-hydrogen) atoms. The molecule has 0 aliphatic carbocycles. The van der Waals surface area contributed by atoms with Crippen molar-refractivity contribution in [3.63, 3.8) is 0 Å². The zero-order valence-corrected chi connectivity index (χ0v) is 12.8. The Morgan fingerprint density at radius 1 is 1.40 bits per heavy atom. The van der Waals surface area contributed by atoms with Gasteiger partial charge in [-0.1, -0.05) is 13.8 Å². The fraction of sp³-hybridized carbons (Fsp3) is 0.600. The fourth-order valence-electron chi connectivity index (χ4n) is 1.96. The average Bonchev–Trinajstić information content (AvgIpc) is 2.48. The molecule has 1 heterocycles. The Kier molecular flexibility index (Phi) is 5.95. The molecule has 0 aliphatic heterocycles. The van der Waals surface area contributed by atoms with Crippen molar-refractivity contribution < 1.29 is 9.90 Å². The summed E-state index contributed by atoms with van der Waals surface area (Å²) in [6.45, 7) is 4.99. The molecule has 1 aromatic heterocycles. The van der Waals surface area contributed by atoms with Crippen molar-refractivity contribution in [3.05, 3.63) is 24.0 Å². The zero-order chi connectivity index (χ0) is 15.2. The van der Waals surface area contributed by atoms with Crippen molar-refractivity contribution in [1.29, 1.82) is 0 Å². The Hall–Kier alpha value is -1.62. The van der Waals surface area contributed by atoms with Crippen LogP contribution in [0.15, 0.2) is 18.3 Å². The number of rotatable bonds is 7. The third-order valence-corrected chi connectivity index (χ3v) is 3.89. The maximum absolute atomic E-state index is 11.9. The standard InChI is InChI=1S/C15H25N3O2/c1-5-15(6-2,11-19)10-17-12-7-8-16-13(9-12)14(20)18(3)4/h7-9,19H,5-6,10-11H2,1-4H3,(H,16,17). The minimum Gasteiger partial charge on any atom is -0.396 e. The number of aliphatic hydroxyl groups excluding tert-OH is 1. The molecule has 0 aliphatic rings. The second-order valence-electron chi connectivity index (χ2n) is 5.35. The smallest absolute Gasteiger partial charge is 0.272 e. The van der Waals surface area contributed by atoms with Crippen molar-refractivity contribution in [2.24, 2.45) is 5.41 Å². The van der Waals surface area contributed by atoms with Crippen LogP contribution >= 0.6 is 0 Å². The number of anilines is 1. The van der Waals surface area contributed by atoms with Gasteiger partial charge in [-0.2, -0.15) is 0 Å². The van der Waals surface area contributed by atoms with E-state index >= 15 is 0 Å². The molecule has 1 amide bonds. The SMILES string of the molecule is CCC(CC)(CO)CNc1ccnc(C(=O)N(C)C)c1. The number of hydrogen-bond acceptors (Lipinski definition) is 4. The highest BCUT2D eigenvalue weighted by atomic mass is 16.3. The number of carbonyl (C=O) groups is 1. The van der Waals surface area contributed by atoms with E-state index in [0.717, 1.165) is 18.5 Å². The Balaban J connectivity index is 2.79. The molecule has 5 nitrogen and oxygen atoms in total. The van der Waals surface area contributed by atoms with Gasteiger partial charge in [0.25, 0.3) is 5.91 Å². The van der Waals surface area contributed by atoms with E-state index in [2.05, 4.69) is 24.1 Å². The van der Waals surface area contributed by atoms with Crippen molar-refractivity contribution in [2.75, 3.05) is 32.6 Å². The maximum atomic E-state index is 11.9. The Morgan fingerprint density at radius 2 is 2.05 bits per heavy atom. The number of aromatic nitrogens is 1. The van der Waals surface area contributed by atoms with E-state index in [0.29, 0.717) is 12.2 Å². The number of nitrogens with zero attached hydrogens (tertiary/aromatic N) is 2. The van der Waals surface area contributed by atoms with Crippen molar-refractivity contribution >= 4 is 11.6 Å². The quantitative estimate of drug-likeness (QED) is 0.801. The molecule has 0 unspecified atom stereocenters. The van der Waals surface area contributed by atoms with E-state index in [4.69, 9.17) is 0 Å². The fourth-order valence-corrected chi connectivity index (χ4v) is 1.96. The molecule has 0 bridgehead atoms. The lowest BCUT2D eigenvalue weighted by molar-refractivity contribution is 0.0822. The van der Waals surface area contributed by atoms with Gasteiger partial charge >= 0.3 is 0 Å². The molecule has 5 heteroatoms. The molecule has 0 spiro atoms. The molecule has 0 fully saturated rings. The van der Waals surface area contributed by atoms with E-state index < -0.39 is 0 Å². The first-order valence-electron chi connectivity index (χ1n) is 7.00. The van der Waals surface area contributed by atoms with Crippen molar-refractivity contribution in [2.45, 2.75) is 26.7 Å². The molecular weight excluding hydrogens is 254 g/mol. The lowest BCUT2D eigenvalue weighted by Crippen LogP contribution is -2.32. The largest absolute Gasteiger partial charge is 0.396 e. The summed E-state index contributed by atoms with van der Waals surface area (Å²) in [6, 6.07) is 3.58. The zero-order valence-electron chi connectivity index (χ0n) is 12.8. The summed E-state index contributed by atoms with van der Waals surface area (Å²) >= 11 is 0. The lowest BCUT2D eigenvalue weighted by Gasteiger charge is -2.30. The summed E-state index contributed by atoms with van der Waals surface area (Å²) in [5.41, 5.74) is 1.15. The average molecular weight is 279 g/mol. The number of aliphatic hydroxyl groups is 1. The van der Waals surface area contributed by atoms with Gasteiger partial charge in [0, 0.05) is 37.9 Å². The minimum atomic E-state index is -0.118. The number of amides is 1. The molecule has 0 aromatic carbocycles. The molecule has 1 aromatic rings. The first kappa shape index (κ1) is 16.4. The summed E-state index contributed by atoms with van der Waals surface area (Å²) in [5, 5.41) is 12.9. The van der Waals surface area contributed by atoms with Crippen LogP contribution in [-0.2, 0) is 0 Å². The summed E-state index contributed by atoms with van der Waals surface area (Å²) in [5.74, 6) is -0.118. The van der Waals surface area contributed by atoms with Crippen LogP contribution in [0, 0.1) is 5.41 Å². The topological polar surface area (TPSA) is 65.5 Å². The van der Waals surface area contributed by atoms with Gasteiger partial charge in [0.2, 0.25) is 0 Å². The summed E-state index contributed by atoms with van der Waals surface area (Å²) in [4.78, 5) is 17.4. The van der Waals surface area contributed by atoms with Gasteiger partial charge in [0.1, 0.15) is 5.69 Å². The highest BCUT2D eigenvalue weighted by Crippen LogP contribution is 2.26. The molecule has 2 N–H and O–H groups in total. The van der Waals surface area contributed by atoms with Crippen LogP contribution in [-0.4, -0.2) is 48.1 Å². The van der Waals surface area contributed by atoms with E-state index in [9.17, 15) is 9.90 Å². The predicted molar refractivity (Wildman–Crippen MR) is 80.8 cm³/mol. The van der Waals surface area contributed by atoms with Gasteiger partial charge < -0.3 is 15.3 Å². The number of pyridine rings is 1. The molecule has 0 saturated carbocycles. The molecule has 0 saturated heterocycles. The third-order valence-electron chi connectivity index (χ3n) is 3.89. The molecule has 0 atom stereocenters. The van der Waals surface area contributed by atoms with E-state index in [1.54, 1.807) is 26.4 Å². The summed E-state index contributed by atoms with van der Waals surface area (Å²) in [6.07, 6.45) is 3.43.